The molecule has 1 aliphatic heterocycles. The van der Waals surface area contributed by atoms with Crippen molar-refractivity contribution in [3.63, 3.8) is 0 Å². The maximum absolute atomic E-state index is 11.2. The average molecular weight is 225 g/mol. The Morgan fingerprint density at radius 3 is 2.73 bits per heavy atom. The lowest BCUT2D eigenvalue weighted by Crippen LogP contribution is -2.22. The summed E-state index contributed by atoms with van der Waals surface area (Å²) in [5.74, 6) is -0.319. The maximum atomic E-state index is 11.2. The Kier molecular flexibility index (Phi) is 3.79. The van der Waals surface area contributed by atoms with Gasteiger partial charge in [0, 0.05) is 7.05 Å². The molecule has 0 radical (unpaired) electrons. The highest BCUT2D eigenvalue weighted by Gasteiger charge is 2.17. The summed E-state index contributed by atoms with van der Waals surface area (Å²) in [5, 5.41) is 2.78. The number of nitrogens with one attached hydrogen (secondary N) is 1. The smallest absolute Gasteiger partial charge is 0.280 e. The molecule has 6 heteroatoms. The summed E-state index contributed by atoms with van der Waals surface area (Å²) in [6.07, 6.45) is 0. The fourth-order valence-electron chi connectivity index (χ4n) is 0.812. The summed E-state index contributed by atoms with van der Waals surface area (Å²) in [6, 6.07) is 0. The zero-order valence-electron chi connectivity index (χ0n) is 8.53. The molecule has 1 heterocycles. The molecule has 0 aromatic heterocycles. The first kappa shape index (κ1) is 11.6. The van der Waals surface area contributed by atoms with E-state index in [1.54, 1.807) is 14.0 Å². The quantitative estimate of drug-likeness (QED) is 0.690. The van der Waals surface area contributed by atoms with E-state index in [1.165, 1.54) is 0 Å². The lowest BCUT2D eigenvalue weighted by molar-refractivity contribution is -0.118. The largest absolute Gasteiger partial charge is 0.358 e. The van der Waals surface area contributed by atoms with Crippen LogP contribution < -0.4 is 5.32 Å². The standard InChI is InChI=1S/C9H11N3O2S/c1-5-6(2)11-9(12-8(5)14)15-4-7(13)10-3/h1,4H2,2-3H3,(H,10,13). The second-order valence-electron chi connectivity index (χ2n) is 2.84. The van der Waals surface area contributed by atoms with Gasteiger partial charge in [-0.25, -0.2) is 4.99 Å². The first-order valence-electron chi connectivity index (χ1n) is 4.25. The van der Waals surface area contributed by atoms with Crippen molar-refractivity contribution in [3.05, 3.63) is 12.2 Å². The Bertz CT molecular complexity index is 385. The van der Waals surface area contributed by atoms with Gasteiger partial charge in [-0.1, -0.05) is 18.3 Å². The van der Waals surface area contributed by atoms with E-state index in [-0.39, 0.29) is 17.6 Å². The zero-order chi connectivity index (χ0) is 11.4. The molecule has 0 saturated heterocycles. The van der Waals surface area contributed by atoms with Gasteiger partial charge in [0.1, 0.15) is 0 Å². The third kappa shape index (κ3) is 3.02. The molecular weight excluding hydrogens is 214 g/mol. The SMILES string of the molecule is C=C1C(=O)N=C(SCC(=O)NC)N=C1C. The van der Waals surface area contributed by atoms with Crippen LogP contribution in [0.3, 0.4) is 0 Å². The molecule has 0 fully saturated rings. The van der Waals surface area contributed by atoms with Gasteiger partial charge >= 0.3 is 0 Å². The van der Waals surface area contributed by atoms with Crippen LogP contribution in [0.5, 0.6) is 0 Å². The van der Waals surface area contributed by atoms with Crippen LogP contribution in [0.25, 0.3) is 0 Å². The fourth-order valence-corrected chi connectivity index (χ4v) is 1.57. The van der Waals surface area contributed by atoms with Crippen LogP contribution in [-0.2, 0) is 9.59 Å². The summed E-state index contributed by atoms with van der Waals surface area (Å²) in [7, 11) is 1.55. The maximum Gasteiger partial charge on any atom is 0.280 e. The highest BCUT2D eigenvalue weighted by atomic mass is 32.2. The van der Waals surface area contributed by atoms with E-state index in [0.29, 0.717) is 16.5 Å². The molecule has 2 amide bonds. The van der Waals surface area contributed by atoms with Gasteiger partial charge in [-0.3, -0.25) is 9.59 Å². The summed E-state index contributed by atoms with van der Waals surface area (Å²) < 4.78 is 0. The molecule has 1 aliphatic rings. The second kappa shape index (κ2) is 4.88. The minimum Gasteiger partial charge on any atom is -0.358 e. The van der Waals surface area contributed by atoms with Crippen LogP contribution in [0, 0.1) is 0 Å². The predicted octanol–water partition coefficient (Wildman–Crippen LogP) is 0.379. The van der Waals surface area contributed by atoms with Crippen molar-refractivity contribution in [2.24, 2.45) is 9.98 Å². The summed E-state index contributed by atoms with van der Waals surface area (Å²) in [5.41, 5.74) is 0.855. The number of amidine groups is 1. The molecule has 1 rings (SSSR count). The van der Waals surface area contributed by atoms with Gasteiger partial charge in [0.2, 0.25) is 5.91 Å². The average Bonchev–Trinajstić information content (AvgIpc) is 2.22. The molecule has 15 heavy (non-hydrogen) atoms. The van der Waals surface area contributed by atoms with Crippen LogP contribution in [0.1, 0.15) is 6.92 Å². The number of carbonyl (C=O) groups excluding carboxylic acids is 2. The number of hydrogen-bond donors (Lipinski definition) is 1. The normalized spacial score (nSPS) is 15.9. The van der Waals surface area contributed by atoms with Crippen molar-refractivity contribution in [1.29, 1.82) is 0 Å². The van der Waals surface area contributed by atoms with Crippen molar-refractivity contribution >= 4 is 34.5 Å². The number of rotatable bonds is 2. The summed E-state index contributed by atoms with van der Waals surface area (Å²) in [4.78, 5) is 29.9. The van der Waals surface area contributed by atoms with Crippen LogP contribution in [0.15, 0.2) is 22.1 Å². The monoisotopic (exact) mass is 225 g/mol. The second-order valence-corrected chi connectivity index (χ2v) is 3.78. The van der Waals surface area contributed by atoms with Gasteiger partial charge in [-0.2, -0.15) is 4.99 Å². The number of aliphatic imine (C=N–C) groups is 2. The molecule has 0 saturated carbocycles. The van der Waals surface area contributed by atoms with Crippen LogP contribution >= 0.6 is 11.8 Å². The number of nitrogens with zero attached hydrogens (tertiary/aromatic N) is 2. The van der Waals surface area contributed by atoms with E-state index >= 15 is 0 Å². The van der Waals surface area contributed by atoms with E-state index < -0.39 is 0 Å². The van der Waals surface area contributed by atoms with Crippen molar-refractivity contribution in [1.82, 2.24) is 5.32 Å². The van der Waals surface area contributed by atoms with Gasteiger partial charge in [-0.15, -0.1) is 0 Å². The zero-order valence-corrected chi connectivity index (χ0v) is 9.35. The van der Waals surface area contributed by atoms with Crippen LogP contribution in [0.2, 0.25) is 0 Å². The van der Waals surface area contributed by atoms with Crippen molar-refractivity contribution in [3.8, 4) is 0 Å². The molecule has 0 spiro atoms. The van der Waals surface area contributed by atoms with Crippen molar-refractivity contribution in [2.45, 2.75) is 6.92 Å². The number of amides is 2. The number of thioether (sulfide) groups is 1. The third-order valence-corrected chi connectivity index (χ3v) is 2.61. The Labute approximate surface area is 91.8 Å². The number of hydrogen-bond acceptors (Lipinski definition) is 4. The molecule has 0 aromatic rings. The van der Waals surface area contributed by atoms with E-state index in [2.05, 4.69) is 21.9 Å². The van der Waals surface area contributed by atoms with Crippen LogP contribution in [0.4, 0.5) is 0 Å². The Morgan fingerprint density at radius 1 is 1.53 bits per heavy atom. The van der Waals surface area contributed by atoms with E-state index in [1.807, 2.05) is 0 Å². The van der Waals surface area contributed by atoms with Gasteiger partial charge < -0.3 is 5.32 Å². The molecule has 0 unspecified atom stereocenters. The molecule has 1 N–H and O–H groups in total. The van der Waals surface area contributed by atoms with Gasteiger partial charge in [0.15, 0.2) is 5.17 Å². The van der Waals surface area contributed by atoms with Crippen LogP contribution in [-0.4, -0.2) is 35.5 Å². The lowest BCUT2D eigenvalue weighted by atomic mass is 10.2. The minimum atomic E-state index is -0.387. The summed E-state index contributed by atoms with van der Waals surface area (Å²) >= 11 is 1.13. The Balaban J connectivity index is 2.65. The van der Waals surface area contributed by atoms with Gasteiger partial charge in [-0.05, 0) is 6.92 Å². The molecule has 5 nitrogen and oxygen atoms in total. The minimum absolute atomic E-state index is 0.132. The highest BCUT2D eigenvalue weighted by Crippen LogP contribution is 2.13. The third-order valence-electron chi connectivity index (χ3n) is 1.77. The van der Waals surface area contributed by atoms with Gasteiger partial charge in [0.05, 0.1) is 17.0 Å². The summed E-state index contributed by atoms with van der Waals surface area (Å²) in [6.45, 7) is 5.24. The molecule has 0 aromatic carbocycles. The fraction of sp³-hybridized carbons (Fsp3) is 0.333. The Hall–Kier alpha value is -1.43. The molecule has 0 aliphatic carbocycles. The van der Waals surface area contributed by atoms with Gasteiger partial charge in [0.25, 0.3) is 5.91 Å². The molecule has 0 bridgehead atoms. The van der Waals surface area contributed by atoms with Crippen molar-refractivity contribution < 1.29 is 9.59 Å². The predicted molar refractivity (Wildman–Crippen MR) is 61.2 cm³/mol. The molecule has 0 atom stereocenters. The Morgan fingerprint density at radius 2 is 2.20 bits per heavy atom. The first-order chi connectivity index (χ1) is 7.04. The van der Waals surface area contributed by atoms with E-state index in [0.717, 1.165) is 11.8 Å². The highest BCUT2D eigenvalue weighted by molar-refractivity contribution is 8.14. The van der Waals surface area contributed by atoms with E-state index in [9.17, 15) is 9.59 Å². The number of carbonyl (C=O) groups is 2. The lowest BCUT2D eigenvalue weighted by Gasteiger charge is -2.08. The molecule has 80 valence electrons. The van der Waals surface area contributed by atoms with Crippen molar-refractivity contribution in [2.75, 3.05) is 12.8 Å². The topological polar surface area (TPSA) is 70.9 Å². The first-order valence-corrected chi connectivity index (χ1v) is 5.24. The van der Waals surface area contributed by atoms with E-state index in [4.69, 9.17) is 0 Å². The molecular formula is C9H11N3O2S.